The Morgan fingerprint density at radius 3 is 2.79 bits per heavy atom. The van der Waals surface area contributed by atoms with Gasteiger partial charge < -0.3 is 10.2 Å². The molecule has 0 spiro atoms. The second-order valence-electron chi connectivity index (χ2n) is 5.18. The molecule has 0 aromatic carbocycles. The highest BCUT2D eigenvalue weighted by molar-refractivity contribution is 4.83. The van der Waals surface area contributed by atoms with Crippen LogP contribution in [0.25, 0.3) is 0 Å². The Morgan fingerprint density at radius 2 is 2.14 bits per heavy atom. The lowest BCUT2D eigenvalue weighted by molar-refractivity contribution is 0.148. The van der Waals surface area contributed by atoms with Crippen LogP contribution in [-0.2, 0) is 0 Å². The maximum atomic E-state index is 3.40. The molecule has 14 heavy (non-hydrogen) atoms. The number of rotatable bonds is 4. The van der Waals surface area contributed by atoms with E-state index in [9.17, 15) is 0 Å². The van der Waals surface area contributed by atoms with Crippen molar-refractivity contribution in [3.63, 3.8) is 0 Å². The van der Waals surface area contributed by atoms with Crippen LogP contribution in [0.2, 0.25) is 0 Å². The fourth-order valence-electron chi connectivity index (χ4n) is 2.57. The van der Waals surface area contributed by atoms with Gasteiger partial charge in [0.15, 0.2) is 0 Å². The van der Waals surface area contributed by atoms with Gasteiger partial charge in [0.1, 0.15) is 0 Å². The van der Waals surface area contributed by atoms with Crippen LogP contribution >= 0.6 is 0 Å². The third-order valence-electron chi connectivity index (χ3n) is 3.92. The Labute approximate surface area is 88.1 Å². The van der Waals surface area contributed by atoms with Gasteiger partial charge in [-0.3, -0.25) is 0 Å². The summed E-state index contributed by atoms with van der Waals surface area (Å²) < 4.78 is 0. The molecule has 1 aliphatic heterocycles. The fourth-order valence-corrected chi connectivity index (χ4v) is 2.57. The lowest BCUT2D eigenvalue weighted by Crippen LogP contribution is -2.44. The SMILES string of the molecule is CNC(C)C1CCCN(CC2CC2)C1. The number of nitrogens with zero attached hydrogens (tertiary/aromatic N) is 1. The fraction of sp³-hybridized carbons (Fsp3) is 1.00. The molecule has 1 aliphatic carbocycles. The van der Waals surface area contributed by atoms with Gasteiger partial charge in [-0.2, -0.15) is 0 Å². The van der Waals surface area contributed by atoms with Crippen LogP contribution in [0.5, 0.6) is 0 Å². The molecule has 82 valence electrons. The average Bonchev–Trinajstić information content (AvgIpc) is 3.01. The summed E-state index contributed by atoms with van der Waals surface area (Å²) in [6, 6.07) is 0.692. The highest BCUT2D eigenvalue weighted by Crippen LogP contribution is 2.31. The van der Waals surface area contributed by atoms with Crippen molar-refractivity contribution in [1.82, 2.24) is 10.2 Å². The molecule has 2 nitrogen and oxygen atoms in total. The van der Waals surface area contributed by atoms with Crippen LogP contribution in [0.1, 0.15) is 32.6 Å². The van der Waals surface area contributed by atoms with E-state index in [1.807, 2.05) is 0 Å². The molecule has 1 saturated heterocycles. The molecular weight excluding hydrogens is 172 g/mol. The zero-order valence-corrected chi connectivity index (χ0v) is 9.63. The van der Waals surface area contributed by atoms with E-state index in [4.69, 9.17) is 0 Å². The monoisotopic (exact) mass is 196 g/mol. The molecule has 0 bridgehead atoms. The molecule has 2 unspecified atom stereocenters. The second kappa shape index (κ2) is 4.63. The first-order chi connectivity index (χ1) is 6.79. The van der Waals surface area contributed by atoms with Crippen molar-refractivity contribution in [1.29, 1.82) is 0 Å². The number of hydrogen-bond donors (Lipinski definition) is 1. The van der Waals surface area contributed by atoms with Gasteiger partial charge >= 0.3 is 0 Å². The zero-order chi connectivity index (χ0) is 9.97. The van der Waals surface area contributed by atoms with E-state index in [1.54, 1.807) is 0 Å². The second-order valence-corrected chi connectivity index (χ2v) is 5.18. The first kappa shape index (κ1) is 10.4. The van der Waals surface area contributed by atoms with Crippen LogP contribution in [0.3, 0.4) is 0 Å². The van der Waals surface area contributed by atoms with Gasteiger partial charge in [-0.15, -0.1) is 0 Å². The normalized spacial score (nSPS) is 31.7. The molecule has 0 radical (unpaired) electrons. The molecule has 2 heteroatoms. The minimum absolute atomic E-state index is 0.692. The quantitative estimate of drug-likeness (QED) is 0.736. The summed E-state index contributed by atoms with van der Waals surface area (Å²) in [5.41, 5.74) is 0. The van der Waals surface area contributed by atoms with Crippen molar-refractivity contribution in [2.24, 2.45) is 11.8 Å². The molecule has 0 aromatic heterocycles. The Balaban J connectivity index is 1.77. The van der Waals surface area contributed by atoms with E-state index in [2.05, 4.69) is 24.2 Å². The minimum atomic E-state index is 0.692. The minimum Gasteiger partial charge on any atom is -0.317 e. The molecule has 0 amide bonds. The largest absolute Gasteiger partial charge is 0.317 e. The molecule has 1 N–H and O–H groups in total. The van der Waals surface area contributed by atoms with Gasteiger partial charge in [-0.05, 0) is 58.0 Å². The lowest BCUT2D eigenvalue weighted by atomic mass is 9.91. The van der Waals surface area contributed by atoms with Crippen molar-refractivity contribution in [2.45, 2.75) is 38.6 Å². The van der Waals surface area contributed by atoms with Crippen molar-refractivity contribution >= 4 is 0 Å². The summed E-state index contributed by atoms with van der Waals surface area (Å²) in [5.74, 6) is 1.94. The number of hydrogen-bond acceptors (Lipinski definition) is 2. The summed E-state index contributed by atoms with van der Waals surface area (Å²) in [6.45, 7) is 6.39. The summed E-state index contributed by atoms with van der Waals surface area (Å²) >= 11 is 0. The van der Waals surface area contributed by atoms with Gasteiger partial charge in [0, 0.05) is 19.1 Å². The maximum absolute atomic E-state index is 3.40. The molecule has 2 rings (SSSR count). The van der Waals surface area contributed by atoms with Crippen molar-refractivity contribution in [2.75, 3.05) is 26.7 Å². The van der Waals surface area contributed by atoms with Gasteiger partial charge in [-0.1, -0.05) is 0 Å². The highest BCUT2D eigenvalue weighted by atomic mass is 15.1. The van der Waals surface area contributed by atoms with E-state index in [1.165, 1.54) is 45.3 Å². The third kappa shape index (κ3) is 2.71. The highest BCUT2D eigenvalue weighted by Gasteiger charge is 2.28. The average molecular weight is 196 g/mol. The zero-order valence-electron chi connectivity index (χ0n) is 9.63. The third-order valence-corrected chi connectivity index (χ3v) is 3.92. The van der Waals surface area contributed by atoms with Crippen LogP contribution in [0, 0.1) is 11.8 Å². The predicted molar refractivity (Wildman–Crippen MR) is 60.4 cm³/mol. The molecule has 1 heterocycles. The number of piperidine rings is 1. The van der Waals surface area contributed by atoms with Gasteiger partial charge in [-0.25, -0.2) is 0 Å². The molecule has 0 aromatic rings. The van der Waals surface area contributed by atoms with Crippen LogP contribution in [0.4, 0.5) is 0 Å². The first-order valence-electron chi connectivity index (χ1n) is 6.19. The smallest absolute Gasteiger partial charge is 0.00762 e. The molecule has 2 aliphatic rings. The lowest BCUT2D eigenvalue weighted by Gasteiger charge is -2.35. The van der Waals surface area contributed by atoms with E-state index in [0.29, 0.717) is 6.04 Å². The first-order valence-corrected chi connectivity index (χ1v) is 6.19. The van der Waals surface area contributed by atoms with Crippen LogP contribution in [0.15, 0.2) is 0 Å². The van der Waals surface area contributed by atoms with Crippen molar-refractivity contribution in [3.8, 4) is 0 Å². The molecular formula is C12H24N2. The van der Waals surface area contributed by atoms with Gasteiger partial charge in [0.2, 0.25) is 0 Å². The maximum Gasteiger partial charge on any atom is 0.00762 e. The summed E-state index contributed by atoms with van der Waals surface area (Å²) in [4.78, 5) is 2.69. The molecule has 1 saturated carbocycles. The van der Waals surface area contributed by atoms with Gasteiger partial charge in [0.25, 0.3) is 0 Å². The topological polar surface area (TPSA) is 15.3 Å². The molecule has 2 fully saturated rings. The number of likely N-dealkylation sites (tertiary alicyclic amines) is 1. The van der Waals surface area contributed by atoms with E-state index >= 15 is 0 Å². The van der Waals surface area contributed by atoms with Crippen LogP contribution < -0.4 is 5.32 Å². The summed E-state index contributed by atoms with van der Waals surface area (Å²) in [7, 11) is 2.09. The van der Waals surface area contributed by atoms with Gasteiger partial charge in [0.05, 0.1) is 0 Å². The number of nitrogens with one attached hydrogen (secondary N) is 1. The summed E-state index contributed by atoms with van der Waals surface area (Å²) in [5, 5.41) is 3.40. The van der Waals surface area contributed by atoms with Crippen molar-refractivity contribution < 1.29 is 0 Å². The Kier molecular flexibility index (Phi) is 3.45. The standard InChI is InChI=1S/C12H24N2/c1-10(13-2)12-4-3-7-14(9-12)8-11-5-6-11/h10-13H,3-9H2,1-2H3. The Bertz CT molecular complexity index is 177. The van der Waals surface area contributed by atoms with E-state index in [0.717, 1.165) is 11.8 Å². The molecule has 2 atom stereocenters. The summed E-state index contributed by atoms with van der Waals surface area (Å²) in [6.07, 6.45) is 5.80. The predicted octanol–water partition coefficient (Wildman–Crippen LogP) is 1.72. The Morgan fingerprint density at radius 1 is 1.36 bits per heavy atom. The van der Waals surface area contributed by atoms with Crippen molar-refractivity contribution in [3.05, 3.63) is 0 Å². The van der Waals surface area contributed by atoms with E-state index < -0.39 is 0 Å². The van der Waals surface area contributed by atoms with Crippen LogP contribution in [-0.4, -0.2) is 37.6 Å². The Hall–Kier alpha value is -0.0800. The van der Waals surface area contributed by atoms with E-state index in [-0.39, 0.29) is 0 Å².